The van der Waals surface area contributed by atoms with E-state index in [2.05, 4.69) is 62.5 Å². The van der Waals surface area contributed by atoms with E-state index in [1.165, 1.54) is 199 Å². The third-order valence-corrected chi connectivity index (χ3v) is 13.9. The molecule has 0 amide bonds. The molecule has 2 unspecified atom stereocenters. The van der Waals surface area contributed by atoms with Gasteiger partial charge in [-0.25, -0.2) is 4.57 Å². The Kier molecular flexibility index (Phi) is 54.6. The van der Waals surface area contributed by atoms with Crippen LogP contribution in [-0.4, -0.2) is 49.3 Å². The van der Waals surface area contributed by atoms with Crippen LogP contribution in [0.5, 0.6) is 0 Å². The number of ether oxygens (including phenoxy) is 2. The van der Waals surface area contributed by atoms with Gasteiger partial charge >= 0.3 is 19.8 Å². The van der Waals surface area contributed by atoms with Crippen molar-refractivity contribution >= 4 is 19.8 Å². The Labute approximate surface area is 432 Å². The molecule has 0 bridgehead atoms. The molecule has 2 atom stereocenters. The predicted octanol–water partition coefficient (Wildman–Crippen LogP) is 18.6. The minimum Gasteiger partial charge on any atom is -0.462 e. The van der Waals surface area contributed by atoms with E-state index in [9.17, 15) is 19.0 Å². The molecule has 0 aromatic rings. The Balaban J connectivity index is 3.90. The van der Waals surface area contributed by atoms with Crippen LogP contribution >= 0.6 is 7.82 Å². The number of carbonyl (C=O) groups excluding carboxylic acids is 2. The second kappa shape index (κ2) is 56.3. The van der Waals surface area contributed by atoms with Gasteiger partial charge in [0.2, 0.25) is 0 Å². The Morgan fingerprint density at radius 1 is 0.429 bits per heavy atom. The first kappa shape index (κ1) is 68.0. The number of hydrogen-bond donors (Lipinski definition) is 2. The van der Waals surface area contributed by atoms with Gasteiger partial charge in [-0.05, 0) is 77.0 Å². The lowest BCUT2D eigenvalue weighted by Gasteiger charge is -2.19. The van der Waals surface area contributed by atoms with E-state index in [-0.39, 0.29) is 38.6 Å². The fourth-order valence-electron chi connectivity index (χ4n) is 8.52. The van der Waals surface area contributed by atoms with Crippen molar-refractivity contribution in [2.45, 2.75) is 296 Å². The summed E-state index contributed by atoms with van der Waals surface area (Å²) in [4.78, 5) is 35.2. The van der Waals surface area contributed by atoms with Gasteiger partial charge in [0.05, 0.1) is 13.2 Å². The molecule has 9 nitrogen and oxygen atoms in total. The maximum atomic E-state index is 12.7. The summed E-state index contributed by atoms with van der Waals surface area (Å²) in [5.74, 6) is -0.826. The molecular formula is C60H112NO8P. The molecule has 410 valence electrons. The lowest BCUT2D eigenvalue weighted by molar-refractivity contribution is -0.161. The molecule has 0 aliphatic carbocycles. The highest BCUT2D eigenvalue weighted by Gasteiger charge is 2.26. The average Bonchev–Trinajstić information content (AvgIpc) is 3.35. The van der Waals surface area contributed by atoms with E-state index >= 15 is 0 Å². The summed E-state index contributed by atoms with van der Waals surface area (Å²) in [6.45, 7) is 3.74. The Morgan fingerprint density at radius 2 is 0.743 bits per heavy atom. The first-order chi connectivity index (χ1) is 34.3. The van der Waals surface area contributed by atoms with Crippen LogP contribution < -0.4 is 5.73 Å². The third-order valence-electron chi connectivity index (χ3n) is 12.9. The van der Waals surface area contributed by atoms with Crippen LogP contribution in [0.15, 0.2) is 48.6 Å². The molecule has 0 aromatic carbocycles. The van der Waals surface area contributed by atoms with Crippen molar-refractivity contribution in [1.29, 1.82) is 0 Å². The van der Waals surface area contributed by atoms with Crippen molar-refractivity contribution in [3.05, 3.63) is 48.6 Å². The van der Waals surface area contributed by atoms with E-state index in [1.807, 2.05) is 0 Å². The summed E-state index contributed by atoms with van der Waals surface area (Å²) in [6.07, 6.45) is 68.9. The van der Waals surface area contributed by atoms with E-state index in [0.29, 0.717) is 6.42 Å². The van der Waals surface area contributed by atoms with Crippen LogP contribution in [-0.2, 0) is 32.7 Å². The topological polar surface area (TPSA) is 134 Å². The summed E-state index contributed by atoms with van der Waals surface area (Å²) in [7, 11) is -4.39. The van der Waals surface area contributed by atoms with Gasteiger partial charge in [-0.15, -0.1) is 0 Å². The number of hydrogen-bond acceptors (Lipinski definition) is 8. The molecule has 0 heterocycles. The molecule has 0 spiro atoms. The van der Waals surface area contributed by atoms with Gasteiger partial charge < -0.3 is 20.1 Å². The number of allylic oxidation sites excluding steroid dienone is 8. The molecule has 0 aliphatic heterocycles. The van der Waals surface area contributed by atoms with Gasteiger partial charge in [0.15, 0.2) is 6.10 Å². The van der Waals surface area contributed by atoms with E-state index < -0.39 is 26.5 Å². The smallest absolute Gasteiger partial charge is 0.462 e. The normalized spacial score (nSPS) is 13.4. The molecule has 0 aliphatic rings. The molecule has 0 saturated carbocycles. The Morgan fingerprint density at radius 3 is 1.10 bits per heavy atom. The summed E-state index contributed by atoms with van der Waals surface area (Å²) in [5.41, 5.74) is 5.38. The van der Waals surface area contributed by atoms with Crippen molar-refractivity contribution < 1.29 is 37.6 Å². The maximum absolute atomic E-state index is 12.7. The highest BCUT2D eigenvalue weighted by molar-refractivity contribution is 7.47. The summed E-state index contributed by atoms with van der Waals surface area (Å²) >= 11 is 0. The fourth-order valence-corrected chi connectivity index (χ4v) is 9.29. The third kappa shape index (κ3) is 55.3. The minimum atomic E-state index is -4.39. The lowest BCUT2D eigenvalue weighted by Crippen LogP contribution is -2.29. The fraction of sp³-hybridized carbons (Fsp3) is 0.833. The number of nitrogens with two attached hydrogens (primary N) is 1. The molecule has 3 N–H and O–H groups in total. The van der Waals surface area contributed by atoms with Crippen LogP contribution in [0.25, 0.3) is 0 Å². The zero-order valence-corrected chi connectivity index (χ0v) is 46.7. The zero-order chi connectivity index (χ0) is 51.0. The molecule has 10 heteroatoms. The quantitative estimate of drug-likeness (QED) is 0.0264. The number of rotatable bonds is 56. The second-order valence-electron chi connectivity index (χ2n) is 19.9. The first-order valence-corrected chi connectivity index (χ1v) is 31.1. The van der Waals surface area contributed by atoms with Crippen LogP contribution in [0.1, 0.15) is 290 Å². The summed E-state index contributed by atoms with van der Waals surface area (Å²) < 4.78 is 33.0. The van der Waals surface area contributed by atoms with E-state index in [1.54, 1.807) is 0 Å². The molecule has 0 aromatic heterocycles. The van der Waals surface area contributed by atoms with E-state index in [4.69, 9.17) is 24.3 Å². The van der Waals surface area contributed by atoms with Crippen molar-refractivity contribution in [1.82, 2.24) is 0 Å². The molecule has 0 radical (unpaired) electrons. The second-order valence-corrected chi connectivity index (χ2v) is 21.3. The van der Waals surface area contributed by atoms with Crippen LogP contribution in [0, 0.1) is 0 Å². The van der Waals surface area contributed by atoms with Crippen molar-refractivity contribution in [2.75, 3.05) is 26.4 Å². The van der Waals surface area contributed by atoms with Crippen molar-refractivity contribution in [3.63, 3.8) is 0 Å². The van der Waals surface area contributed by atoms with Gasteiger partial charge in [-0.2, -0.15) is 0 Å². The van der Waals surface area contributed by atoms with Gasteiger partial charge in [-0.1, -0.05) is 249 Å². The largest absolute Gasteiger partial charge is 0.472 e. The Hall–Kier alpha value is -2.03. The first-order valence-electron chi connectivity index (χ1n) is 29.6. The van der Waals surface area contributed by atoms with Gasteiger partial charge in [0, 0.05) is 19.4 Å². The summed E-state index contributed by atoms with van der Waals surface area (Å²) in [5, 5.41) is 0. The highest BCUT2D eigenvalue weighted by atomic mass is 31.2. The minimum absolute atomic E-state index is 0.0526. The van der Waals surface area contributed by atoms with Gasteiger partial charge in [0.25, 0.3) is 0 Å². The number of esters is 2. The standard InChI is InChI=1S/C60H112NO8P/c1-3-5-7-9-11-13-15-17-19-21-23-24-25-26-27-28-29-30-31-32-33-34-35-37-39-41-43-45-47-49-51-53-60(63)69-58(57-68-70(64,65)67-55-54-61)56-66-59(62)52-50-48-46-44-42-40-38-36-22-20-18-16-14-12-10-8-6-4-2/h14-17,20-23,58H,3-13,18-19,24-57,61H2,1-2H3,(H,64,65)/b16-14-,17-15-,22-20-,23-21-. The molecule has 0 fully saturated rings. The van der Waals surface area contributed by atoms with Crippen LogP contribution in [0.3, 0.4) is 0 Å². The number of carbonyl (C=O) groups is 2. The average molecular weight is 1010 g/mol. The van der Waals surface area contributed by atoms with Crippen molar-refractivity contribution in [2.24, 2.45) is 5.73 Å². The monoisotopic (exact) mass is 1010 g/mol. The summed E-state index contributed by atoms with van der Waals surface area (Å²) in [6, 6.07) is 0. The van der Waals surface area contributed by atoms with Crippen LogP contribution in [0.4, 0.5) is 0 Å². The van der Waals surface area contributed by atoms with E-state index in [0.717, 1.165) is 57.8 Å². The van der Waals surface area contributed by atoms with Crippen molar-refractivity contribution in [3.8, 4) is 0 Å². The number of unbranched alkanes of at least 4 members (excludes halogenated alkanes) is 35. The predicted molar refractivity (Wildman–Crippen MR) is 298 cm³/mol. The number of phosphoric ester groups is 1. The maximum Gasteiger partial charge on any atom is 0.472 e. The van der Waals surface area contributed by atoms with Crippen LogP contribution in [0.2, 0.25) is 0 Å². The Bertz CT molecular complexity index is 1280. The SMILES string of the molecule is CCCCCC/C=C\C/C=C\CCCCCCCCCC(=O)OCC(COP(=O)(O)OCCN)OC(=O)CCCCCCCCCCCCCCCCCCCCC/C=C\C/C=C\CCCCCCC. The highest BCUT2D eigenvalue weighted by Crippen LogP contribution is 2.43. The number of phosphoric acid groups is 1. The zero-order valence-electron chi connectivity index (χ0n) is 45.8. The molecule has 0 rings (SSSR count). The van der Waals surface area contributed by atoms with Gasteiger partial charge in [-0.3, -0.25) is 18.6 Å². The van der Waals surface area contributed by atoms with Gasteiger partial charge in [0.1, 0.15) is 6.61 Å². The molecule has 70 heavy (non-hydrogen) atoms. The molecular weight excluding hydrogens is 894 g/mol. The lowest BCUT2D eigenvalue weighted by atomic mass is 10.0. The molecule has 0 saturated heterocycles.